The second-order valence-corrected chi connectivity index (χ2v) is 6.51. The minimum absolute atomic E-state index is 0.158. The molecule has 0 aliphatic carbocycles. The minimum Gasteiger partial charge on any atom is -0.339 e. The lowest BCUT2D eigenvalue weighted by Gasteiger charge is -2.03. The lowest BCUT2D eigenvalue weighted by Crippen LogP contribution is -2.12. The molecule has 1 aromatic heterocycles. The van der Waals surface area contributed by atoms with Gasteiger partial charge in [-0.2, -0.15) is 4.98 Å². The third-order valence-electron chi connectivity index (χ3n) is 4.39. The van der Waals surface area contributed by atoms with Gasteiger partial charge in [-0.05, 0) is 29.3 Å². The average molecular weight is 387 g/mol. The Morgan fingerprint density at radius 1 is 0.897 bits per heavy atom. The molecular formula is C23H18FN3O2. The maximum Gasteiger partial charge on any atom is 0.227 e. The lowest BCUT2D eigenvalue weighted by molar-refractivity contribution is -0.116. The van der Waals surface area contributed by atoms with Crippen LogP contribution in [0.5, 0.6) is 0 Å². The molecule has 0 fully saturated rings. The molecule has 5 nitrogen and oxygen atoms in total. The number of amides is 1. The first kappa shape index (κ1) is 18.6. The van der Waals surface area contributed by atoms with E-state index in [-0.39, 0.29) is 12.3 Å². The fourth-order valence-corrected chi connectivity index (χ4v) is 2.93. The van der Waals surface area contributed by atoms with Crippen molar-refractivity contribution in [3.63, 3.8) is 0 Å². The monoisotopic (exact) mass is 387 g/mol. The fourth-order valence-electron chi connectivity index (χ4n) is 2.93. The van der Waals surface area contributed by atoms with E-state index in [2.05, 4.69) is 27.6 Å². The highest BCUT2D eigenvalue weighted by Crippen LogP contribution is 2.23. The normalized spacial score (nSPS) is 10.7. The Balaban J connectivity index is 1.36. The van der Waals surface area contributed by atoms with E-state index in [1.165, 1.54) is 18.2 Å². The molecule has 1 heterocycles. The molecule has 1 N–H and O–H groups in total. The van der Waals surface area contributed by atoms with Crippen LogP contribution < -0.4 is 5.32 Å². The molecule has 6 heteroatoms. The topological polar surface area (TPSA) is 68.0 Å². The van der Waals surface area contributed by atoms with Gasteiger partial charge in [0.1, 0.15) is 5.82 Å². The van der Waals surface area contributed by atoms with Crippen LogP contribution in [0, 0.1) is 5.82 Å². The van der Waals surface area contributed by atoms with Gasteiger partial charge in [0.05, 0.1) is 0 Å². The second-order valence-electron chi connectivity index (χ2n) is 6.51. The van der Waals surface area contributed by atoms with Crippen molar-refractivity contribution in [3.8, 4) is 22.5 Å². The third-order valence-corrected chi connectivity index (χ3v) is 4.39. The Morgan fingerprint density at radius 2 is 1.62 bits per heavy atom. The number of carbonyl (C=O) groups excluding carboxylic acids is 1. The van der Waals surface area contributed by atoms with Crippen molar-refractivity contribution < 1.29 is 13.7 Å². The number of aryl methyl sites for hydroxylation is 1. The van der Waals surface area contributed by atoms with Crippen molar-refractivity contribution in [1.82, 2.24) is 10.1 Å². The molecule has 0 aliphatic rings. The van der Waals surface area contributed by atoms with Gasteiger partial charge in [0.15, 0.2) is 0 Å². The van der Waals surface area contributed by atoms with E-state index in [0.29, 0.717) is 23.8 Å². The van der Waals surface area contributed by atoms with Gasteiger partial charge >= 0.3 is 0 Å². The number of benzene rings is 3. The van der Waals surface area contributed by atoms with Crippen molar-refractivity contribution in [2.45, 2.75) is 12.8 Å². The maximum atomic E-state index is 13.2. The lowest BCUT2D eigenvalue weighted by atomic mass is 10.0. The Hall–Kier alpha value is -3.80. The summed E-state index contributed by atoms with van der Waals surface area (Å²) in [6.07, 6.45) is 0.460. The molecule has 29 heavy (non-hydrogen) atoms. The van der Waals surface area contributed by atoms with E-state index in [4.69, 9.17) is 4.52 Å². The molecule has 4 aromatic rings. The van der Waals surface area contributed by atoms with Crippen LogP contribution in [0.2, 0.25) is 0 Å². The minimum atomic E-state index is -0.400. The zero-order chi connectivity index (χ0) is 20.1. The number of halogens is 1. The van der Waals surface area contributed by atoms with Gasteiger partial charge in [0.25, 0.3) is 0 Å². The van der Waals surface area contributed by atoms with Gasteiger partial charge < -0.3 is 9.84 Å². The molecule has 0 bridgehead atoms. The van der Waals surface area contributed by atoms with Gasteiger partial charge in [0.2, 0.25) is 17.6 Å². The van der Waals surface area contributed by atoms with Crippen LogP contribution in [-0.2, 0) is 11.2 Å². The summed E-state index contributed by atoms with van der Waals surface area (Å²) in [4.78, 5) is 16.4. The maximum absolute atomic E-state index is 13.2. The predicted octanol–water partition coefficient (Wildman–Crippen LogP) is 5.11. The Kier molecular flexibility index (Phi) is 5.42. The summed E-state index contributed by atoms with van der Waals surface area (Å²) < 4.78 is 18.4. The number of nitrogens with zero attached hydrogens (tertiary/aromatic N) is 2. The molecule has 0 unspecified atom stereocenters. The zero-order valence-electron chi connectivity index (χ0n) is 15.5. The number of nitrogens with one attached hydrogen (secondary N) is 1. The largest absolute Gasteiger partial charge is 0.339 e. The number of hydrogen-bond donors (Lipinski definition) is 1. The number of anilines is 1. The second kappa shape index (κ2) is 8.48. The van der Waals surface area contributed by atoms with Crippen molar-refractivity contribution in [2.24, 2.45) is 0 Å². The van der Waals surface area contributed by atoms with Crippen LogP contribution in [0.15, 0.2) is 83.4 Å². The molecule has 1 amide bonds. The standard InChI is InChI=1S/C23H18FN3O2/c24-19-7-4-8-20(15-19)25-21(28)13-14-22-26-23(27-29-22)18-11-9-17(10-12-18)16-5-2-1-3-6-16/h1-12,15H,13-14H2,(H,25,28). The Bertz CT molecular complexity index is 1110. The molecular weight excluding hydrogens is 369 g/mol. The van der Waals surface area contributed by atoms with Crippen molar-refractivity contribution in [2.75, 3.05) is 5.32 Å². The van der Waals surface area contributed by atoms with E-state index >= 15 is 0 Å². The summed E-state index contributed by atoms with van der Waals surface area (Å²) in [6.45, 7) is 0. The number of rotatable bonds is 6. The van der Waals surface area contributed by atoms with Gasteiger partial charge in [-0.1, -0.05) is 65.8 Å². The van der Waals surface area contributed by atoms with Crippen molar-refractivity contribution in [3.05, 3.63) is 90.6 Å². The van der Waals surface area contributed by atoms with Crippen LogP contribution in [0.25, 0.3) is 22.5 Å². The first-order valence-electron chi connectivity index (χ1n) is 9.21. The molecule has 0 aliphatic heterocycles. The Morgan fingerprint density at radius 3 is 2.38 bits per heavy atom. The highest BCUT2D eigenvalue weighted by molar-refractivity contribution is 5.90. The first-order chi connectivity index (χ1) is 14.2. The quantitative estimate of drug-likeness (QED) is 0.499. The van der Waals surface area contributed by atoms with E-state index in [1.54, 1.807) is 6.07 Å². The summed E-state index contributed by atoms with van der Waals surface area (Å²) in [5, 5.41) is 6.64. The van der Waals surface area contributed by atoms with Gasteiger partial charge in [-0.15, -0.1) is 0 Å². The predicted molar refractivity (Wildman–Crippen MR) is 109 cm³/mol. The molecule has 144 valence electrons. The van der Waals surface area contributed by atoms with Crippen LogP contribution in [0.4, 0.5) is 10.1 Å². The van der Waals surface area contributed by atoms with Gasteiger partial charge in [-0.3, -0.25) is 4.79 Å². The fraction of sp³-hybridized carbons (Fsp3) is 0.0870. The average Bonchev–Trinajstić information content (AvgIpc) is 3.22. The molecule has 0 atom stereocenters. The molecule has 0 saturated heterocycles. The number of hydrogen-bond acceptors (Lipinski definition) is 4. The number of carbonyl (C=O) groups is 1. The van der Waals surface area contributed by atoms with E-state index in [1.807, 2.05) is 42.5 Å². The molecule has 3 aromatic carbocycles. The van der Waals surface area contributed by atoms with Crippen LogP contribution >= 0.6 is 0 Å². The Labute approximate surface area is 167 Å². The smallest absolute Gasteiger partial charge is 0.227 e. The van der Waals surface area contributed by atoms with Crippen molar-refractivity contribution in [1.29, 1.82) is 0 Å². The molecule has 0 radical (unpaired) electrons. The summed E-state index contributed by atoms with van der Waals surface area (Å²) in [5.74, 6) is 0.205. The van der Waals surface area contributed by atoms with E-state index in [9.17, 15) is 9.18 Å². The van der Waals surface area contributed by atoms with Gasteiger partial charge in [0, 0.05) is 24.1 Å². The summed E-state index contributed by atoms with van der Waals surface area (Å²) in [5.41, 5.74) is 3.49. The summed E-state index contributed by atoms with van der Waals surface area (Å²) >= 11 is 0. The van der Waals surface area contributed by atoms with Crippen LogP contribution in [0.1, 0.15) is 12.3 Å². The van der Waals surface area contributed by atoms with E-state index < -0.39 is 5.82 Å². The van der Waals surface area contributed by atoms with E-state index in [0.717, 1.165) is 16.7 Å². The van der Waals surface area contributed by atoms with Crippen LogP contribution in [-0.4, -0.2) is 16.0 Å². The zero-order valence-corrected chi connectivity index (χ0v) is 15.5. The summed E-state index contributed by atoms with van der Waals surface area (Å²) in [6, 6.07) is 23.7. The van der Waals surface area contributed by atoms with Crippen molar-refractivity contribution >= 4 is 11.6 Å². The molecule has 0 spiro atoms. The molecule has 4 rings (SSSR count). The summed E-state index contributed by atoms with van der Waals surface area (Å²) in [7, 11) is 0. The SMILES string of the molecule is O=C(CCc1nc(-c2ccc(-c3ccccc3)cc2)no1)Nc1cccc(F)c1. The van der Waals surface area contributed by atoms with Crippen LogP contribution in [0.3, 0.4) is 0 Å². The third kappa shape index (κ3) is 4.73. The molecule has 0 saturated carbocycles. The number of aromatic nitrogens is 2. The highest BCUT2D eigenvalue weighted by atomic mass is 19.1. The van der Waals surface area contributed by atoms with Gasteiger partial charge in [-0.25, -0.2) is 4.39 Å². The first-order valence-corrected chi connectivity index (χ1v) is 9.21. The highest BCUT2D eigenvalue weighted by Gasteiger charge is 2.11.